The van der Waals surface area contributed by atoms with Gasteiger partial charge >= 0.3 is 0 Å². The van der Waals surface area contributed by atoms with E-state index in [-0.39, 0.29) is 30.8 Å². The number of benzene rings is 1. The Balaban J connectivity index is 1.77. The summed E-state index contributed by atoms with van der Waals surface area (Å²) in [7, 11) is 1.80. The highest BCUT2D eigenvalue weighted by Gasteiger charge is 2.25. The molecule has 1 atom stereocenters. The van der Waals surface area contributed by atoms with E-state index in [1.165, 1.54) is 6.92 Å². The molecule has 7 nitrogen and oxygen atoms in total. The summed E-state index contributed by atoms with van der Waals surface area (Å²) < 4.78 is 0. The van der Waals surface area contributed by atoms with E-state index in [0.717, 1.165) is 4.90 Å². The fourth-order valence-corrected chi connectivity index (χ4v) is 2.92. The third kappa shape index (κ3) is 5.72. The smallest absolute Gasteiger partial charge is 0.279 e. The van der Waals surface area contributed by atoms with Crippen molar-refractivity contribution in [3.63, 3.8) is 0 Å². The van der Waals surface area contributed by atoms with Crippen molar-refractivity contribution in [3.05, 3.63) is 29.3 Å². The van der Waals surface area contributed by atoms with Gasteiger partial charge in [-0.25, -0.2) is 0 Å². The topological polar surface area (TPSA) is 74.2 Å². The Labute approximate surface area is 152 Å². The van der Waals surface area contributed by atoms with E-state index in [0.29, 0.717) is 36.9 Å². The van der Waals surface area contributed by atoms with Gasteiger partial charge in [-0.2, -0.15) is 0 Å². The number of quaternary nitrogens is 1. The van der Waals surface area contributed by atoms with Crippen molar-refractivity contribution < 1.29 is 19.3 Å². The molecule has 3 amide bonds. The molecule has 136 valence electrons. The summed E-state index contributed by atoms with van der Waals surface area (Å²) in [5, 5.41) is 3.23. The van der Waals surface area contributed by atoms with Crippen LogP contribution in [-0.2, 0) is 14.4 Å². The van der Waals surface area contributed by atoms with Gasteiger partial charge in [-0.15, -0.1) is 0 Å². The number of nitrogens with one attached hydrogen (secondary N) is 2. The van der Waals surface area contributed by atoms with E-state index in [1.807, 2.05) is 0 Å². The summed E-state index contributed by atoms with van der Waals surface area (Å²) in [5.74, 6) is -0.169. The molecule has 1 aromatic rings. The molecule has 1 aliphatic heterocycles. The second-order valence-electron chi connectivity index (χ2n) is 6.23. The number of anilines is 1. The lowest BCUT2D eigenvalue weighted by Gasteiger charge is -2.34. The molecule has 1 saturated heterocycles. The molecule has 0 saturated carbocycles. The minimum atomic E-state index is -0.195. The van der Waals surface area contributed by atoms with Crippen LogP contribution in [0, 0.1) is 0 Å². The molecule has 0 aromatic heterocycles. The van der Waals surface area contributed by atoms with Crippen molar-refractivity contribution in [3.8, 4) is 0 Å². The molecular weight excluding hydrogens is 344 g/mol. The predicted molar refractivity (Wildman–Crippen MR) is 95.5 cm³/mol. The number of amides is 3. The molecule has 0 radical (unpaired) electrons. The Morgan fingerprint density at radius 2 is 1.68 bits per heavy atom. The molecule has 2 rings (SSSR count). The Bertz CT molecular complexity index is 645. The normalized spacial score (nSPS) is 15.6. The van der Waals surface area contributed by atoms with Gasteiger partial charge in [0.1, 0.15) is 0 Å². The Morgan fingerprint density at radius 1 is 1.08 bits per heavy atom. The van der Waals surface area contributed by atoms with Crippen LogP contribution >= 0.6 is 11.6 Å². The predicted octanol–water partition coefficient (Wildman–Crippen LogP) is -0.516. The number of hydrogen-bond acceptors (Lipinski definition) is 3. The van der Waals surface area contributed by atoms with Crippen molar-refractivity contribution in [1.29, 1.82) is 0 Å². The van der Waals surface area contributed by atoms with Gasteiger partial charge < -0.3 is 20.0 Å². The van der Waals surface area contributed by atoms with Crippen molar-refractivity contribution in [2.75, 3.05) is 51.6 Å². The minimum absolute atomic E-state index is 0.00811. The molecule has 1 aromatic carbocycles. The van der Waals surface area contributed by atoms with Crippen LogP contribution in [0.1, 0.15) is 6.92 Å². The van der Waals surface area contributed by atoms with Gasteiger partial charge in [-0.3, -0.25) is 14.4 Å². The number of rotatable bonds is 5. The maximum absolute atomic E-state index is 12.3. The molecule has 1 fully saturated rings. The SMILES string of the molecule is CC(=O)N1CCN(C(=O)C[NH+](C)CC(=O)Nc2ccccc2Cl)CC1. The summed E-state index contributed by atoms with van der Waals surface area (Å²) in [6.07, 6.45) is 0. The zero-order chi connectivity index (χ0) is 18.4. The quantitative estimate of drug-likeness (QED) is 0.735. The lowest BCUT2D eigenvalue weighted by molar-refractivity contribution is -0.862. The third-order valence-electron chi connectivity index (χ3n) is 4.14. The van der Waals surface area contributed by atoms with Crippen LogP contribution in [0.2, 0.25) is 5.02 Å². The van der Waals surface area contributed by atoms with E-state index in [2.05, 4.69) is 5.32 Å². The molecule has 1 aliphatic rings. The zero-order valence-electron chi connectivity index (χ0n) is 14.5. The molecule has 2 N–H and O–H groups in total. The summed E-state index contributed by atoms with van der Waals surface area (Å²) in [4.78, 5) is 40.0. The lowest BCUT2D eigenvalue weighted by atomic mass is 10.3. The largest absolute Gasteiger partial charge is 0.339 e. The van der Waals surface area contributed by atoms with Crippen LogP contribution in [0.25, 0.3) is 0 Å². The van der Waals surface area contributed by atoms with Gasteiger partial charge in [0.15, 0.2) is 13.1 Å². The fraction of sp³-hybridized carbons (Fsp3) is 0.471. The van der Waals surface area contributed by atoms with Gasteiger partial charge in [-0.05, 0) is 12.1 Å². The van der Waals surface area contributed by atoms with E-state index >= 15 is 0 Å². The molecule has 1 unspecified atom stereocenters. The first-order chi connectivity index (χ1) is 11.9. The number of likely N-dealkylation sites (N-methyl/N-ethyl adjacent to an activating group) is 1. The number of carbonyl (C=O) groups is 3. The van der Waals surface area contributed by atoms with E-state index in [1.54, 1.807) is 41.1 Å². The van der Waals surface area contributed by atoms with Gasteiger partial charge in [0.2, 0.25) is 5.91 Å². The van der Waals surface area contributed by atoms with Gasteiger partial charge in [-0.1, -0.05) is 23.7 Å². The van der Waals surface area contributed by atoms with Gasteiger partial charge in [0.05, 0.1) is 17.8 Å². The van der Waals surface area contributed by atoms with Crippen molar-refractivity contribution in [2.24, 2.45) is 0 Å². The second-order valence-corrected chi connectivity index (χ2v) is 6.63. The van der Waals surface area contributed by atoms with E-state index < -0.39 is 0 Å². The minimum Gasteiger partial charge on any atom is -0.339 e. The summed E-state index contributed by atoms with van der Waals surface area (Å²) in [5.41, 5.74) is 0.564. The van der Waals surface area contributed by atoms with Crippen molar-refractivity contribution in [2.45, 2.75) is 6.92 Å². The number of hydrogen-bond donors (Lipinski definition) is 2. The molecule has 0 bridgehead atoms. The maximum Gasteiger partial charge on any atom is 0.279 e. The summed E-state index contributed by atoms with van der Waals surface area (Å²) >= 11 is 6.01. The highest BCUT2D eigenvalue weighted by Crippen LogP contribution is 2.19. The van der Waals surface area contributed by atoms with Crippen LogP contribution in [0.4, 0.5) is 5.69 Å². The van der Waals surface area contributed by atoms with Crippen molar-refractivity contribution >= 4 is 35.0 Å². The van der Waals surface area contributed by atoms with Crippen molar-refractivity contribution in [1.82, 2.24) is 9.80 Å². The van der Waals surface area contributed by atoms with Crippen LogP contribution in [0.15, 0.2) is 24.3 Å². The van der Waals surface area contributed by atoms with Crippen LogP contribution in [0.3, 0.4) is 0 Å². The fourth-order valence-electron chi connectivity index (χ4n) is 2.73. The monoisotopic (exact) mass is 367 g/mol. The Kier molecular flexibility index (Phi) is 6.78. The highest BCUT2D eigenvalue weighted by atomic mass is 35.5. The Hall–Kier alpha value is -2.12. The highest BCUT2D eigenvalue weighted by molar-refractivity contribution is 6.33. The van der Waals surface area contributed by atoms with E-state index in [9.17, 15) is 14.4 Å². The molecular formula is C17H24ClN4O3+. The molecule has 0 spiro atoms. The molecule has 0 aliphatic carbocycles. The van der Waals surface area contributed by atoms with Gasteiger partial charge in [0, 0.05) is 33.1 Å². The maximum atomic E-state index is 12.3. The lowest BCUT2D eigenvalue weighted by Crippen LogP contribution is -3.11. The van der Waals surface area contributed by atoms with Gasteiger partial charge in [0.25, 0.3) is 11.8 Å². The van der Waals surface area contributed by atoms with E-state index in [4.69, 9.17) is 11.6 Å². The molecule has 25 heavy (non-hydrogen) atoms. The average molecular weight is 368 g/mol. The van der Waals surface area contributed by atoms with Crippen LogP contribution in [-0.4, -0.2) is 73.8 Å². The first-order valence-electron chi connectivity index (χ1n) is 8.26. The second kappa shape index (κ2) is 8.82. The molecule has 1 heterocycles. The number of piperazine rings is 1. The average Bonchev–Trinajstić information content (AvgIpc) is 2.56. The molecule has 8 heteroatoms. The van der Waals surface area contributed by atoms with Crippen LogP contribution in [0.5, 0.6) is 0 Å². The summed E-state index contributed by atoms with van der Waals surface area (Å²) in [6, 6.07) is 7.02. The van der Waals surface area contributed by atoms with Crippen LogP contribution < -0.4 is 10.2 Å². The standard InChI is InChI=1S/C17H23ClN4O3/c1-13(23)21-7-9-22(10-8-21)17(25)12-20(2)11-16(24)19-15-6-4-3-5-14(15)18/h3-6H,7-12H2,1-2H3,(H,19,24)/p+1. The number of nitrogens with zero attached hydrogens (tertiary/aromatic N) is 2. The Morgan fingerprint density at radius 3 is 2.28 bits per heavy atom. The first-order valence-corrected chi connectivity index (χ1v) is 8.63. The number of carbonyl (C=O) groups excluding carboxylic acids is 3. The number of halogens is 1. The summed E-state index contributed by atoms with van der Waals surface area (Å²) in [6.45, 7) is 4.14. The third-order valence-corrected chi connectivity index (χ3v) is 4.47. The first kappa shape index (κ1) is 19.2. The number of para-hydroxylation sites is 1. The zero-order valence-corrected chi connectivity index (χ0v) is 15.3.